The second-order valence-electron chi connectivity index (χ2n) is 6.19. The number of aliphatic carboxylic acids is 1. The number of halogens is 5. The summed E-state index contributed by atoms with van der Waals surface area (Å²) >= 11 is 0. The number of carboxylic acid groups (broad SMARTS) is 1. The van der Waals surface area contributed by atoms with E-state index in [0.717, 1.165) is 0 Å². The van der Waals surface area contributed by atoms with Crippen LogP contribution in [0.4, 0.5) is 26.7 Å². The molecule has 140 valence electrons. The van der Waals surface area contributed by atoms with Crippen LogP contribution in [-0.2, 0) is 16.0 Å². The summed E-state index contributed by atoms with van der Waals surface area (Å²) in [6.07, 6.45) is -2.85. The molecule has 1 rings (SSSR count). The summed E-state index contributed by atoms with van der Waals surface area (Å²) in [7, 11) is 0. The van der Waals surface area contributed by atoms with Crippen molar-refractivity contribution >= 4 is 12.1 Å². The summed E-state index contributed by atoms with van der Waals surface area (Å²) in [4.78, 5) is 22.5. The van der Waals surface area contributed by atoms with Gasteiger partial charge in [0.1, 0.15) is 5.60 Å². The molecular weight excluding hydrogens is 353 g/mol. The number of carbonyl (C=O) groups excluding carboxylic acids is 1. The molecule has 5 nitrogen and oxygen atoms in total. The molecule has 2 N–H and O–H groups in total. The monoisotopic (exact) mass is 369 g/mol. The lowest BCUT2D eigenvalue weighted by Crippen LogP contribution is -2.41. The van der Waals surface area contributed by atoms with Gasteiger partial charge in [-0.1, -0.05) is 0 Å². The van der Waals surface area contributed by atoms with Crippen molar-refractivity contribution in [3.05, 3.63) is 34.6 Å². The number of rotatable bonds is 5. The number of benzene rings is 1. The number of alkyl carbamates (subject to hydrolysis) is 1. The van der Waals surface area contributed by atoms with Crippen LogP contribution >= 0.6 is 0 Å². The Bertz CT molecular complexity index is 658. The molecule has 0 spiro atoms. The van der Waals surface area contributed by atoms with Crippen LogP contribution in [0.15, 0.2) is 0 Å². The molecule has 10 heteroatoms. The van der Waals surface area contributed by atoms with Crippen LogP contribution in [0.2, 0.25) is 0 Å². The minimum atomic E-state index is -2.33. The first-order valence-corrected chi connectivity index (χ1v) is 7.05. The molecule has 25 heavy (non-hydrogen) atoms. The predicted molar refractivity (Wildman–Crippen MR) is 75.3 cm³/mol. The number of amides is 1. The van der Waals surface area contributed by atoms with Gasteiger partial charge in [-0.25, -0.2) is 26.7 Å². The van der Waals surface area contributed by atoms with Gasteiger partial charge in [0.2, 0.25) is 5.82 Å². The third-order valence-electron chi connectivity index (χ3n) is 2.89. The smallest absolute Gasteiger partial charge is 0.407 e. The molecule has 0 saturated heterocycles. The molecule has 1 atom stereocenters. The van der Waals surface area contributed by atoms with Gasteiger partial charge in [0.25, 0.3) is 0 Å². The SMILES string of the molecule is CC(C)(C)OC(=O)N[C@@H](CC(=O)O)Cc1c(F)c(F)c(F)c(F)c1F. The molecule has 0 aromatic heterocycles. The normalized spacial score (nSPS) is 12.6. The quantitative estimate of drug-likeness (QED) is 0.474. The van der Waals surface area contributed by atoms with Crippen LogP contribution in [0, 0.1) is 29.1 Å². The molecule has 0 radical (unpaired) electrons. The molecular formula is C15H16F5NO4. The lowest BCUT2D eigenvalue weighted by atomic mass is 10.0. The van der Waals surface area contributed by atoms with Crippen molar-refractivity contribution in [2.45, 2.75) is 45.3 Å². The fraction of sp³-hybridized carbons (Fsp3) is 0.467. The van der Waals surface area contributed by atoms with Gasteiger partial charge in [-0.3, -0.25) is 4.79 Å². The van der Waals surface area contributed by atoms with E-state index in [4.69, 9.17) is 9.84 Å². The highest BCUT2D eigenvalue weighted by Crippen LogP contribution is 2.24. The van der Waals surface area contributed by atoms with Gasteiger partial charge < -0.3 is 15.2 Å². The summed E-state index contributed by atoms with van der Waals surface area (Å²) < 4.78 is 71.7. The highest BCUT2D eigenvalue weighted by atomic mass is 19.2. The fourth-order valence-corrected chi connectivity index (χ4v) is 1.94. The second kappa shape index (κ2) is 7.66. The highest BCUT2D eigenvalue weighted by Gasteiger charge is 2.29. The molecule has 0 aliphatic carbocycles. The van der Waals surface area contributed by atoms with Gasteiger partial charge in [-0.15, -0.1) is 0 Å². The second-order valence-corrected chi connectivity index (χ2v) is 6.19. The van der Waals surface area contributed by atoms with Crippen molar-refractivity contribution in [1.29, 1.82) is 0 Å². The molecule has 0 heterocycles. The van der Waals surface area contributed by atoms with Crippen molar-refractivity contribution < 1.29 is 41.4 Å². The number of hydrogen-bond donors (Lipinski definition) is 2. The van der Waals surface area contributed by atoms with Crippen molar-refractivity contribution in [1.82, 2.24) is 5.32 Å². The van der Waals surface area contributed by atoms with Gasteiger partial charge in [0, 0.05) is 11.6 Å². The van der Waals surface area contributed by atoms with Gasteiger partial charge in [0.05, 0.1) is 6.42 Å². The van der Waals surface area contributed by atoms with Gasteiger partial charge in [-0.05, 0) is 27.2 Å². The Morgan fingerprint density at radius 2 is 1.44 bits per heavy atom. The van der Waals surface area contributed by atoms with E-state index >= 15 is 0 Å². The minimum Gasteiger partial charge on any atom is -0.481 e. The zero-order valence-corrected chi connectivity index (χ0v) is 13.6. The summed E-state index contributed by atoms with van der Waals surface area (Å²) in [5.41, 5.74) is -2.17. The number of carbonyl (C=O) groups is 2. The zero-order valence-electron chi connectivity index (χ0n) is 13.6. The van der Waals surface area contributed by atoms with E-state index in [2.05, 4.69) is 0 Å². The summed E-state index contributed by atoms with van der Waals surface area (Å²) in [5.74, 6) is -12.3. The van der Waals surface area contributed by atoms with E-state index in [0.29, 0.717) is 0 Å². The first kappa shape index (κ1) is 20.7. The van der Waals surface area contributed by atoms with E-state index in [1.165, 1.54) is 20.8 Å². The minimum absolute atomic E-state index is 0.821. The van der Waals surface area contributed by atoms with Crippen molar-refractivity contribution in [2.24, 2.45) is 0 Å². The van der Waals surface area contributed by atoms with Crippen LogP contribution in [0.1, 0.15) is 32.8 Å². The maximum absolute atomic E-state index is 13.7. The molecule has 1 aromatic carbocycles. The first-order chi connectivity index (χ1) is 11.3. The van der Waals surface area contributed by atoms with E-state index in [9.17, 15) is 31.5 Å². The molecule has 0 unspecified atom stereocenters. The van der Waals surface area contributed by atoms with Crippen LogP contribution in [-0.4, -0.2) is 28.8 Å². The Morgan fingerprint density at radius 3 is 1.84 bits per heavy atom. The largest absolute Gasteiger partial charge is 0.481 e. The van der Waals surface area contributed by atoms with E-state index in [1.54, 1.807) is 0 Å². The van der Waals surface area contributed by atoms with Crippen LogP contribution in [0.25, 0.3) is 0 Å². The zero-order chi connectivity index (χ0) is 19.5. The van der Waals surface area contributed by atoms with Crippen molar-refractivity contribution in [3.63, 3.8) is 0 Å². The standard InChI is InChI=1S/C15H16F5NO4/c1-15(2,3)25-14(24)21-6(5-8(22)23)4-7-9(16)11(18)13(20)12(19)10(7)17/h6H,4-5H2,1-3H3,(H,21,24)(H,22,23)/t6-/m1/s1. The Morgan fingerprint density at radius 1 is 1.00 bits per heavy atom. The topological polar surface area (TPSA) is 75.6 Å². The predicted octanol–water partition coefficient (Wildman–Crippen LogP) is 3.29. The summed E-state index contributed by atoms with van der Waals surface area (Å²) in [6.45, 7) is 4.55. The third kappa shape index (κ3) is 5.57. The van der Waals surface area contributed by atoms with Crippen LogP contribution < -0.4 is 5.32 Å². The molecule has 0 aliphatic heterocycles. The first-order valence-electron chi connectivity index (χ1n) is 7.05. The Labute approximate surface area is 139 Å². The van der Waals surface area contributed by atoms with Crippen molar-refractivity contribution in [3.8, 4) is 0 Å². The Kier molecular flexibility index (Phi) is 6.33. The van der Waals surface area contributed by atoms with Gasteiger partial charge in [-0.2, -0.15) is 0 Å². The molecule has 0 saturated carbocycles. The maximum Gasteiger partial charge on any atom is 0.407 e. The lowest BCUT2D eigenvalue weighted by Gasteiger charge is -2.23. The number of nitrogens with one attached hydrogen (secondary N) is 1. The summed E-state index contributed by atoms with van der Waals surface area (Å²) in [6, 6.07) is -1.46. The van der Waals surface area contributed by atoms with Gasteiger partial charge >= 0.3 is 12.1 Å². The fourth-order valence-electron chi connectivity index (χ4n) is 1.94. The molecule has 0 fully saturated rings. The molecule has 1 amide bonds. The van der Waals surface area contributed by atoms with Gasteiger partial charge in [0.15, 0.2) is 23.3 Å². The maximum atomic E-state index is 13.7. The van der Waals surface area contributed by atoms with E-state index in [-0.39, 0.29) is 0 Å². The average Bonchev–Trinajstić information content (AvgIpc) is 2.44. The Balaban J connectivity index is 3.12. The van der Waals surface area contributed by atoms with Crippen molar-refractivity contribution in [2.75, 3.05) is 0 Å². The lowest BCUT2D eigenvalue weighted by molar-refractivity contribution is -0.137. The van der Waals surface area contributed by atoms with E-state index in [1.807, 2.05) is 5.32 Å². The highest BCUT2D eigenvalue weighted by molar-refractivity contribution is 5.71. The number of carboxylic acids is 1. The third-order valence-corrected chi connectivity index (χ3v) is 2.89. The number of hydrogen-bond acceptors (Lipinski definition) is 3. The molecule has 0 bridgehead atoms. The van der Waals surface area contributed by atoms with E-state index < -0.39 is 71.2 Å². The van der Waals surface area contributed by atoms with Crippen LogP contribution in [0.3, 0.4) is 0 Å². The molecule has 0 aliphatic rings. The summed E-state index contributed by atoms with van der Waals surface area (Å²) in [5, 5.41) is 10.9. The number of ether oxygens (including phenoxy) is 1. The average molecular weight is 369 g/mol. The Hall–Kier alpha value is -2.39. The van der Waals surface area contributed by atoms with Crippen LogP contribution in [0.5, 0.6) is 0 Å². The molecule has 1 aromatic rings.